The summed E-state index contributed by atoms with van der Waals surface area (Å²) in [5.74, 6) is 1.19. The monoisotopic (exact) mass is 229 g/mol. The highest BCUT2D eigenvalue weighted by molar-refractivity contribution is 4.65. The fraction of sp³-hybridized carbons (Fsp3) is 1.00. The second-order valence-corrected chi connectivity index (χ2v) is 5.78. The Morgan fingerprint density at radius 2 is 1.56 bits per heavy atom. The Balaban J connectivity index is 3.40. The number of nitrogens with one attached hydrogen (secondary N) is 1. The average Bonchev–Trinajstić information content (AvgIpc) is 2.16. The van der Waals surface area contributed by atoms with E-state index in [9.17, 15) is 5.11 Å². The molecule has 0 aliphatic carbocycles. The second-order valence-electron chi connectivity index (χ2n) is 5.78. The normalized spacial score (nSPS) is 15.8. The molecule has 0 spiro atoms. The molecule has 0 bridgehead atoms. The first-order valence-corrected chi connectivity index (χ1v) is 6.85. The van der Waals surface area contributed by atoms with Gasteiger partial charge in [-0.25, -0.2) is 0 Å². The van der Waals surface area contributed by atoms with Gasteiger partial charge in [0.25, 0.3) is 0 Å². The molecule has 0 saturated heterocycles. The van der Waals surface area contributed by atoms with Crippen LogP contribution in [0.5, 0.6) is 0 Å². The highest BCUT2D eigenvalue weighted by Crippen LogP contribution is 2.09. The van der Waals surface area contributed by atoms with Crippen LogP contribution in [0.25, 0.3) is 0 Å². The molecule has 2 N–H and O–H groups in total. The van der Waals surface area contributed by atoms with Crippen LogP contribution in [0, 0.1) is 11.8 Å². The summed E-state index contributed by atoms with van der Waals surface area (Å²) in [6, 6.07) is 0.582. The molecule has 0 fully saturated rings. The molecule has 0 aliphatic heterocycles. The lowest BCUT2D eigenvalue weighted by Crippen LogP contribution is -2.30. The lowest BCUT2D eigenvalue weighted by molar-refractivity contribution is 0.115. The van der Waals surface area contributed by atoms with Gasteiger partial charge in [-0.1, -0.05) is 40.5 Å². The van der Waals surface area contributed by atoms with E-state index in [1.54, 1.807) is 0 Å². The van der Waals surface area contributed by atoms with Gasteiger partial charge in [-0.3, -0.25) is 0 Å². The first kappa shape index (κ1) is 15.9. The maximum atomic E-state index is 9.65. The van der Waals surface area contributed by atoms with E-state index in [1.807, 2.05) is 0 Å². The molecule has 98 valence electrons. The highest BCUT2D eigenvalue weighted by atomic mass is 16.3. The molecule has 0 aliphatic rings. The first-order valence-electron chi connectivity index (χ1n) is 6.85. The van der Waals surface area contributed by atoms with Crippen LogP contribution in [0.15, 0.2) is 0 Å². The van der Waals surface area contributed by atoms with Gasteiger partial charge in [0.15, 0.2) is 0 Å². The van der Waals surface area contributed by atoms with Crippen molar-refractivity contribution in [2.75, 3.05) is 6.54 Å². The molecule has 0 heterocycles. The average molecular weight is 229 g/mol. The number of hydrogen-bond acceptors (Lipinski definition) is 2. The molecule has 0 aromatic rings. The Morgan fingerprint density at radius 3 is 2.06 bits per heavy atom. The second kappa shape index (κ2) is 9.00. The van der Waals surface area contributed by atoms with Crippen LogP contribution in [-0.4, -0.2) is 23.8 Å². The standard InChI is InChI=1S/C14H31NO/c1-11(2)7-6-8-13(5)15-10-9-14(16)12(3)4/h11-16H,6-10H2,1-5H3. The largest absolute Gasteiger partial charge is 0.393 e. The van der Waals surface area contributed by atoms with Crippen molar-refractivity contribution in [1.29, 1.82) is 0 Å². The van der Waals surface area contributed by atoms with Gasteiger partial charge in [-0.15, -0.1) is 0 Å². The zero-order valence-electron chi connectivity index (χ0n) is 11.8. The predicted octanol–water partition coefficient (Wildman–Crippen LogP) is 3.20. The van der Waals surface area contributed by atoms with E-state index < -0.39 is 0 Å². The summed E-state index contributed by atoms with van der Waals surface area (Å²) in [6.45, 7) is 11.9. The number of rotatable bonds is 9. The molecule has 0 rings (SSSR count). The minimum atomic E-state index is -0.157. The zero-order chi connectivity index (χ0) is 12.6. The molecule has 2 heteroatoms. The van der Waals surface area contributed by atoms with E-state index >= 15 is 0 Å². The first-order chi connectivity index (χ1) is 7.43. The SMILES string of the molecule is CC(C)CCCC(C)NCCC(O)C(C)C. The topological polar surface area (TPSA) is 32.3 Å². The molecule has 2 atom stereocenters. The zero-order valence-corrected chi connectivity index (χ0v) is 11.8. The number of aliphatic hydroxyl groups is 1. The summed E-state index contributed by atoms with van der Waals surface area (Å²) < 4.78 is 0. The van der Waals surface area contributed by atoms with Gasteiger partial charge >= 0.3 is 0 Å². The number of hydrogen-bond donors (Lipinski definition) is 2. The van der Waals surface area contributed by atoms with Crippen molar-refractivity contribution >= 4 is 0 Å². The van der Waals surface area contributed by atoms with Crippen LogP contribution in [0.4, 0.5) is 0 Å². The quantitative estimate of drug-likeness (QED) is 0.636. The highest BCUT2D eigenvalue weighted by Gasteiger charge is 2.09. The molecular formula is C14H31NO. The summed E-state index contributed by atoms with van der Waals surface area (Å²) in [4.78, 5) is 0. The van der Waals surface area contributed by atoms with Crippen LogP contribution < -0.4 is 5.32 Å². The smallest absolute Gasteiger partial charge is 0.0575 e. The summed E-state index contributed by atoms with van der Waals surface area (Å²) in [6.07, 6.45) is 4.58. The van der Waals surface area contributed by atoms with Crippen molar-refractivity contribution < 1.29 is 5.11 Å². The minimum Gasteiger partial charge on any atom is -0.393 e. The molecule has 0 radical (unpaired) electrons. The maximum absolute atomic E-state index is 9.65. The third kappa shape index (κ3) is 9.17. The Hall–Kier alpha value is -0.0800. The summed E-state index contributed by atoms with van der Waals surface area (Å²) >= 11 is 0. The Bertz CT molecular complexity index is 157. The van der Waals surface area contributed by atoms with E-state index in [-0.39, 0.29) is 6.10 Å². The van der Waals surface area contributed by atoms with Crippen LogP contribution in [0.3, 0.4) is 0 Å². The molecule has 0 aromatic heterocycles. The predicted molar refractivity (Wildman–Crippen MR) is 71.6 cm³/mol. The summed E-state index contributed by atoms with van der Waals surface area (Å²) in [5, 5.41) is 13.1. The lowest BCUT2D eigenvalue weighted by atomic mass is 10.0. The Labute approximate surface area is 102 Å². The third-order valence-corrected chi connectivity index (χ3v) is 3.12. The summed E-state index contributed by atoms with van der Waals surface area (Å²) in [7, 11) is 0. The Kier molecular flexibility index (Phi) is 8.96. The maximum Gasteiger partial charge on any atom is 0.0575 e. The fourth-order valence-electron chi connectivity index (χ4n) is 1.75. The van der Waals surface area contributed by atoms with Crippen molar-refractivity contribution in [2.24, 2.45) is 11.8 Å². The van der Waals surface area contributed by atoms with Crippen molar-refractivity contribution in [3.63, 3.8) is 0 Å². The van der Waals surface area contributed by atoms with Crippen LogP contribution in [0.1, 0.15) is 60.3 Å². The van der Waals surface area contributed by atoms with Gasteiger partial charge in [0, 0.05) is 6.04 Å². The van der Waals surface area contributed by atoms with Crippen LogP contribution >= 0.6 is 0 Å². The van der Waals surface area contributed by atoms with Crippen molar-refractivity contribution in [3.05, 3.63) is 0 Å². The molecule has 0 saturated carbocycles. The third-order valence-electron chi connectivity index (χ3n) is 3.12. The van der Waals surface area contributed by atoms with Gasteiger partial charge in [0.1, 0.15) is 0 Å². The lowest BCUT2D eigenvalue weighted by Gasteiger charge is -2.18. The van der Waals surface area contributed by atoms with Crippen molar-refractivity contribution in [2.45, 2.75) is 72.4 Å². The van der Waals surface area contributed by atoms with E-state index in [0.29, 0.717) is 12.0 Å². The molecule has 2 nitrogen and oxygen atoms in total. The van der Waals surface area contributed by atoms with Gasteiger partial charge in [-0.2, -0.15) is 0 Å². The molecule has 16 heavy (non-hydrogen) atoms. The molecular weight excluding hydrogens is 198 g/mol. The molecule has 0 amide bonds. The minimum absolute atomic E-state index is 0.157. The van der Waals surface area contributed by atoms with E-state index in [0.717, 1.165) is 18.9 Å². The molecule has 2 unspecified atom stereocenters. The van der Waals surface area contributed by atoms with E-state index in [2.05, 4.69) is 39.9 Å². The van der Waals surface area contributed by atoms with E-state index in [1.165, 1.54) is 19.3 Å². The fourth-order valence-corrected chi connectivity index (χ4v) is 1.75. The van der Waals surface area contributed by atoms with Gasteiger partial charge in [0.2, 0.25) is 0 Å². The molecule has 0 aromatic carbocycles. The van der Waals surface area contributed by atoms with Crippen LogP contribution in [0.2, 0.25) is 0 Å². The van der Waals surface area contributed by atoms with Crippen LogP contribution in [-0.2, 0) is 0 Å². The van der Waals surface area contributed by atoms with E-state index in [4.69, 9.17) is 0 Å². The Morgan fingerprint density at radius 1 is 0.938 bits per heavy atom. The van der Waals surface area contributed by atoms with Crippen molar-refractivity contribution in [3.8, 4) is 0 Å². The summed E-state index contributed by atoms with van der Waals surface area (Å²) in [5.41, 5.74) is 0. The number of aliphatic hydroxyl groups excluding tert-OH is 1. The van der Waals surface area contributed by atoms with Crippen molar-refractivity contribution in [1.82, 2.24) is 5.32 Å². The van der Waals surface area contributed by atoms with Gasteiger partial charge < -0.3 is 10.4 Å². The van der Waals surface area contributed by atoms with Gasteiger partial charge in [0.05, 0.1) is 6.10 Å². The van der Waals surface area contributed by atoms with Gasteiger partial charge in [-0.05, 0) is 38.1 Å².